The maximum atomic E-state index is 12.2. The summed E-state index contributed by atoms with van der Waals surface area (Å²) in [6, 6.07) is 7.01. The molecule has 0 bridgehead atoms. The fourth-order valence-corrected chi connectivity index (χ4v) is 2.30. The van der Waals surface area contributed by atoms with Gasteiger partial charge in [0.05, 0.1) is 25.3 Å². The molecule has 5 heteroatoms. The standard InChI is InChI=1S/C14H16N2O3/c1-19-11-6-4-10(5-7-11)16-13(17)8-12(14(16)18)15-9-2-3-9/h4-7,9,12,15H,2-3,8H2,1H3/t12-/m1/s1. The molecule has 0 radical (unpaired) electrons. The third-order valence-electron chi connectivity index (χ3n) is 3.49. The second-order valence-corrected chi connectivity index (χ2v) is 4.96. The van der Waals surface area contributed by atoms with Crippen molar-refractivity contribution in [1.29, 1.82) is 0 Å². The molecule has 0 unspecified atom stereocenters. The maximum absolute atomic E-state index is 12.2. The Morgan fingerprint density at radius 1 is 1.21 bits per heavy atom. The molecular weight excluding hydrogens is 244 g/mol. The van der Waals surface area contributed by atoms with Crippen molar-refractivity contribution in [3.63, 3.8) is 0 Å². The Balaban J connectivity index is 1.78. The van der Waals surface area contributed by atoms with Gasteiger partial charge in [-0.3, -0.25) is 9.59 Å². The summed E-state index contributed by atoms with van der Waals surface area (Å²) >= 11 is 0. The highest BCUT2D eigenvalue weighted by Gasteiger charge is 2.41. The number of rotatable bonds is 4. The van der Waals surface area contributed by atoms with Crippen LogP contribution >= 0.6 is 0 Å². The Labute approximate surface area is 111 Å². The molecule has 100 valence electrons. The summed E-state index contributed by atoms with van der Waals surface area (Å²) in [6.45, 7) is 0. The van der Waals surface area contributed by atoms with Gasteiger partial charge in [-0.1, -0.05) is 0 Å². The molecule has 1 aromatic rings. The number of carbonyl (C=O) groups is 2. The largest absolute Gasteiger partial charge is 0.497 e. The first-order valence-corrected chi connectivity index (χ1v) is 6.46. The van der Waals surface area contributed by atoms with Crippen molar-refractivity contribution in [3.8, 4) is 5.75 Å². The molecular formula is C14H16N2O3. The molecule has 1 saturated heterocycles. The molecule has 2 aliphatic rings. The topological polar surface area (TPSA) is 58.6 Å². The zero-order valence-electron chi connectivity index (χ0n) is 10.8. The van der Waals surface area contributed by atoms with Gasteiger partial charge in [0, 0.05) is 6.04 Å². The molecule has 2 fully saturated rings. The van der Waals surface area contributed by atoms with E-state index in [1.807, 2.05) is 0 Å². The normalized spacial score (nSPS) is 23.0. The zero-order chi connectivity index (χ0) is 13.4. The van der Waals surface area contributed by atoms with E-state index in [4.69, 9.17) is 4.74 Å². The summed E-state index contributed by atoms with van der Waals surface area (Å²) in [6.07, 6.45) is 2.45. The number of methoxy groups -OCH3 is 1. The fraction of sp³-hybridized carbons (Fsp3) is 0.429. The van der Waals surface area contributed by atoms with Gasteiger partial charge in [0.2, 0.25) is 5.91 Å². The number of hydrogen-bond donors (Lipinski definition) is 1. The number of nitrogens with zero attached hydrogens (tertiary/aromatic N) is 1. The predicted molar refractivity (Wildman–Crippen MR) is 70.0 cm³/mol. The highest BCUT2D eigenvalue weighted by molar-refractivity contribution is 6.22. The van der Waals surface area contributed by atoms with E-state index in [1.165, 1.54) is 4.90 Å². The number of hydrogen-bond acceptors (Lipinski definition) is 4. The van der Waals surface area contributed by atoms with Crippen LogP contribution < -0.4 is 15.0 Å². The lowest BCUT2D eigenvalue weighted by Crippen LogP contribution is -2.39. The second-order valence-electron chi connectivity index (χ2n) is 4.96. The molecule has 1 N–H and O–H groups in total. The first-order chi connectivity index (χ1) is 9.19. The van der Waals surface area contributed by atoms with E-state index in [2.05, 4.69) is 5.32 Å². The van der Waals surface area contributed by atoms with Gasteiger partial charge in [-0.25, -0.2) is 4.90 Å². The Hall–Kier alpha value is -1.88. The van der Waals surface area contributed by atoms with Crippen LogP contribution in [0.2, 0.25) is 0 Å². The van der Waals surface area contributed by atoms with E-state index < -0.39 is 0 Å². The molecule has 1 atom stereocenters. The van der Waals surface area contributed by atoms with Crippen LogP contribution in [0.4, 0.5) is 5.69 Å². The Bertz CT molecular complexity index is 508. The molecule has 1 aromatic carbocycles. The summed E-state index contributed by atoms with van der Waals surface area (Å²) in [4.78, 5) is 25.5. The minimum absolute atomic E-state index is 0.145. The van der Waals surface area contributed by atoms with Crippen LogP contribution in [0.3, 0.4) is 0 Å². The number of amides is 2. The number of benzene rings is 1. The Morgan fingerprint density at radius 3 is 2.47 bits per heavy atom. The molecule has 3 rings (SSSR count). The van der Waals surface area contributed by atoms with Crippen LogP contribution in [0, 0.1) is 0 Å². The number of imide groups is 1. The molecule has 1 aliphatic heterocycles. The Kier molecular flexibility index (Phi) is 2.98. The van der Waals surface area contributed by atoms with E-state index in [-0.39, 0.29) is 24.3 Å². The van der Waals surface area contributed by atoms with E-state index in [9.17, 15) is 9.59 Å². The van der Waals surface area contributed by atoms with Crippen LogP contribution in [0.25, 0.3) is 0 Å². The van der Waals surface area contributed by atoms with Gasteiger partial charge in [-0.15, -0.1) is 0 Å². The summed E-state index contributed by atoms with van der Waals surface area (Å²) < 4.78 is 5.07. The molecule has 1 heterocycles. The molecule has 19 heavy (non-hydrogen) atoms. The molecule has 5 nitrogen and oxygen atoms in total. The van der Waals surface area contributed by atoms with E-state index in [0.29, 0.717) is 17.5 Å². The number of nitrogens with one attached hydrogen (secondary N) is 1. The maximum Gasteiger partial charge on any atom is 0.251 e. The van der Waals surface area contributed by atoms with Crippen LogP contribution in [0.5, 0.6) is 5.75 Å². The van der Waals surface area contributed by atoms with Gasteiger partial charge in [0.15, 0.2) is 0 Å². The second kappa shape index (κ2) is 4.66. The van der Waals surface area contributed by atoms with Crippen molar-refractivity contribution >= 4 is 17.5 Å². The summed E-state index contributed by atoms with van der Waals surface area (Å²) in [5.41, 5.74) is 0.607. The first-order valence-electron chi connectivity index (χ1n) is 6.46. The molecule has 1 saturated carbocycles. The predicted octanol–water partition coefficient (Wildman–Crippen LogP) is 1.08. The number of carbonyl (C=O) groups excluding carboxylic acids is 2. The fourth-order valence-electron chi connectivity index (χ4n) is 2.30. The highest BCUT2D eigenvalue weighted by Crippen LogP contribution is 2.27. The van der Waals surface area contributed by atoms with Crippen LogP contribution in [-0.2, 0) is 9.59 Å². The average Bonchev–Trinajstić information content (AvgIpc) is 3.18. The lowest BCUT2D eigenvalue weighted by molar-refractivity contribution is -0.121. The van der Waals surface area contributed by atoms with Gasteiger partial charge < -0.3 is 10.1 Å². The van der Waals surface area contributed by atoms with Crippen LogP contribution in [-0.4, -0.2) is 31.0 Å². The molecule has 2 amide bonds. The molecule has 0 spiro atoms. The van der Waals surface area contributed by atoms with Crippen molar-refractivity contribution in [1.82, 2.24) is 5.32 Å². The summed E-state index contributed by atoms with van der Waals surface area (Å²) in [5, 5.41) is 3.22. The SMILES string of the molecule is COc1ccc(N2C(=O)C[C@@H](NC3CC3)C2=O)cc1. The van der Waals surface area contributed by atoms with E-state index >= 15 is 0 Å². The van der Waals surface area contributed by atoms with Gasteiger partial charge >= 0.3 is 0 Å². The lowest BCUT2D eigenvalue weighted by Gasteiger charge is -2.15. The van der Waals surface area contributed by atoms with Crippen LogP contribution in [0.15, 0.2) is 24.3 Å². The van der Waals surface area contributed by atoms with E-state index in [1.54, 1.807) is 31.4 Å². The minimum atomic E-state index is -0.359. The minimum Gasteiger partial charge on any atom is -0.497 e. The van der Waals surface area contributed by atoms with Crippen LogP contribution in [0.1, 0.15) is 19.3 Å². The smallest absolute Gasteiger partial charge is 0.251 e. The zero-order valence-corrected chi connectivity index (χ0v) is 10.8. The number of ether oxygens (including phenoxy) is 1. The van der Waals surface area contributed by atoms with Crippen molar-refractivity contribution in [3.05, 3.63) is 24.3 Å². The van der Waals surface area contributed by atoms with Gasteiger partial charge in [-0.2, -0.15) is 0 Å². The Morgan fingerprint density at radius 2 is 1.89 bits per heavy atom. The van der Waals surface area contributed by atoms with Crippen molar-refractivity contribution in [2.75, 3.05) is 12.0 Å². The van der Waals surface area contributed by atoms with Gasteiger partial charge in [0.25, 0.3) is 5.91 Å². The quantitative estimate of drug-likeness (QED) is 0.823. The van der Waals surface area contributed by atoms with Crippen molar-refractivity contribution in [2.24, 2.45) is 0 Å². The summed E-state index contributed by atoms with van der Waals surface area (Å²) in [5.74, 6) is 0.408. The lowest BCUT2D eigenvalue weighted by atomic mass is 10.2. The van der Waals surface area contributed by atoms with E-state index in [0.717, 1.165) is 12.8 Å². The van der Waals surface area contributed by atoms with Crippen molar-refractivity contribution in [2.45, 2.75) is 31.3 Å². The highest BCUT2D eigenvalue weighted by atomic mass is 16.5. The van der Waals surface area contributed by atoms with Gasteiger partial charge in [0.1, 0.15) is 5.75 Å². The third-order valence-corrected chi connectivity index (χ3v) is 3.49. The first kappa shape index (κ1) is 12.2. The summed E-state index contributed by atoms with van der Waals surface area (Å²) in [7, 11) is 1.58. The third kappa shape index (κ3) is 2.33. The molecule has 0 aromatic heterocycles. The van der Waals surface area contributed by atoms with Gasteiger partial charge in [-0.05, 0) is 37.1 Å². The monoisotopic (exact) mass is 260 g/mol. The van der Waals surface area contributed by atoms with Crippen molar-refractivity contribution < 1.29 is 14.3 Å². The number of anilines is 1. The molecule has 1 aliphatic carbocycles. The average molecular weight is 260 g/mol.